The third kappa shape index (κ3) is 3.91. The number of nitrogens with one attached hydrogen (secondary N) is 1. The maximum absolute atomic E-state index is 12.5. The number of rotatable bonds is 3. The summed E-state index contributed by atoms with van der Waals surface area (Å²) in [5.74, 6) is 0.395. The lowest BCUT2D eigenvalue weighted by Crippen LogP contribution is -2.48. The number of aliphatic imine (C=N–C) groups is 1. The zero-order valence-electron chi connectivity index (χ0n) is 18.3. The zero-order chi connectivity index (χ0) is 21.5. The summed E-state index contributed by atoms with van der Waals surface area (Å²) in [6.45, 7) is 12.3. The van der Waals surface area contributed by atoms with Gasteiger partial charge in [-0.1, -0.05) is 25.1 Å². The molecular weight excluding hydrogens is 390 g/mol. The van der Waals surface area contributed by atoms with Gasteiger partial charge in [-0.2, -0.15) is 0 Å². The van der Waals surface area contributed by atoms with Gasteiger partial charge in [-0.05, 0) is 98.8 Å². The molecule has 5 heteroatoms. The van der Waals surface area contributed by atoms with Crippen LogP contribution >= 0.6 is 11.8 Å². The third-order valence-electron chi connectivity index (χ3n) is 6.01. The van der Waals surface area contributed by atoms with Gasteiger partial charge >= 0.3 is 0 Å². The minimum Gasteiger partial charge on any atom is -0.366 e. The first-order chi connectivity index (χ1) is 14.3. The largest absolute Gasteiger partial charge is 0.366 e. The van der Waals surface area contributed by atoms with Gasteiger partial charge in [0, 0.05) is 17.8 Å². The minimum atomic E-state index is -0.0869. The van der Waals surface area contributed by atoms with Crippen molar-refractivity contribution in [3.8, 4) is 0 Å². The summed E-state index contributed by atoms with van der Waals surface area (Å²) in [4.78, 5) is 20.3. The standard InChI is InChI=1S/C25H29N3OS/c1-6-28-21-12-16(2)18(13-20(21)17(3)15-25(28,4)5)14-22-23(29)27-24(30-22)26-19-10-8-7-9-11-19/h7-14,17H,6,15H2,1-5H3,(H,26,27,29)/b22-14-. The molecular formula is C25H29N3OS. The Labute approximate surface area is 183 Å². The molecule has 1 N–H and O–H groups in total. The second-order valence-electron chi connectivity index (χ2n) is 8.75. The molecule has 1 atom stereocenters. The number of hydrogen-bond acceptors (Lipinski definition) is 4. The molecule has 1 amide bonds. The SMILES string of the molecule is CCN1c2cc(C)c(/C=C3\SC(=Nc4ccccc4)NC3=O)cc2C(C)CC1(C)C. The van der Waals surface area contributed by atoms with Crippen molar-refractivity contribution < 1.29 is 4.79 Å². The highest BCUT2D eigenvalue weighted by molar-refractivity contribution is 8.18. The molecule has 1 unspecified atom stereocenters. The number of hydrogen-bond donors (Lipinski definition) is 1. The fourth-order valence-corrected chi connectivity index (χ4v) is 5.48. The molecule has 30 heavy (non-hydrogen) atoms. The van der Waals surface area contributed by atoms with Crippen LogP contribution in [-0.4, -0.2) is 23.2 Å². The van der Waals surface area contributed by atoms with Gasteiger partial charge in [-0.15, -0.1) is 0 Å². The summed E-state index contributed by atoms with van der Waals surface area (Å²) in [7, 11) is 0. The van der Waals surface area contributed by atoms with Crippen LogP contribution in [0.15, 0.2) is 52.4 Å². The molecule has 0 saturated carbocycles. The van der Waals surface area contributed by atoms with Gasteiger partial charge in [0.15, 0.2) is 5.17 Å². The molecule has 2 aromatic rings. The average Bonchev–Trinajstić information content (AvgIpc) is 3.02. The van der Waals surface area contributed by atoms with E-state index in [1.165, 1.54) is 28.6 Å². The minimum absolute atomic E-state index is 0.0869. The highest BCUT2D eigenvalue weighted by atomic mass is 32.2. The maximum atomic E-state index is 12.5. The number of amidine groups is 1. The van der Waals surface area contributed by atoms with E-state index >= 15 is 0 Å². The van der Waals surface area contributed by atoms with E-state index in [0.29, 0.717) is 16.0 Å². The number of carbonyl (C=O) groups is 1. The Morgan fingerprint density at radius 1 is 1.27 bits per heavy atom. The van der Waals surface area contributed by atoms with Crippen molar-refractivity contribution in [2.45, 2.75) is 52.5 Å². The van der Waals surface area contributed by atoms with Gasteiger partial charge < -0.3 is 10.2 Å². The molecule has 0 bridgehead atoms. The van der Waals surface area contributed by atoms with Crippen molar-refractivity contribution in [3.05, 3.63) is 64.1 Å². The highest BCUT2D eigenvalue weighted by Crippen LogP contribution is 2.44. The first kappa shape index (κ1) is 20.7. The first-order valence-corrected chi connectivity index (χ1v) is 11.4. The number of benzene rings is 2. The number of nitrogens with zero attached hydrogens (tertiary/aromatic N) is 2. The van der Waals surface area contributed by atoms with Crippen LogP contribution in [0.3, 0.4) is 0 Å². The number of thioether (sulfide) groups is 1. The van der Waals surface area contributed by atoms with E-state index in [0.717, 1.165) is 24.2 Å². The number of amides is 1. The predicted octanol–water partition coefficient (Wildman–Crippen LogP) is 6.00. The molecule has 0 aliphatic carbocycles. The summed E-state index contributed by atoms with van der Waals surface area (Å²) < 4.78 is 0. The summed E-state index contributed by atoms with van der Waals surface area (Å²) in [6, 6.07) is 14.3. The second-order valence-corrected chi connectivity index (χ2v) is 9.78. The van der Waals surface area contributed by atoms with Crippen LogP contribution in [-0.2, 0) is 4.79 Å². The van der Waals surface area contributed by atoms with Crippen LogP contribution in [0.4, 0.5) is 11.4 Å². The van der Waals surface area contributed by atoms with E-state index in [2.05, 4.69) is 62.0 Å². The first-order valence-electron chi connectivity index (χ1n) is 10.6. The molecule has 2 aliphatic rings. The fraction of sp³-hybridized carbons (Fsp3) is 0.360. The molecule has 1 saturated heterocycles. The second kappa shape index (κ2) is 7.95. The normalized spacial score (nSPS) is 23.0. The van der Waals surface area contributed by atoms with Crippen LogP contribution < -0.4 is 10.2 Å². The van der Waals surface area contributed by atoms with Gasteiger partial charge in [-0.3, -0.25) is 4.79 Å². The lowest BCUT2D eigenvalue weighted by Gasteiger charge is -2.47. The van der Waals surface area contributed by atoms with Gasteiger partial charge in [0.05, 0.1) is 10.6 Å². The molecule has 0 spiro atoms. The van der Waals surface area contributed by atoms with E-state index in [1.54, 1.807) is 0 Å². The van der Waals surface area contributed by atoms with Gasteiger partial charge in [0.2, 0.25) is 0 Å². The van der Waals surface area contributed by atoms with Gasteiger partial charge in [0.25, 0.3) is 5.91 Å². The van der Waals surface area contributed by atoms with E-state index in [9.17, 15) is 4.79 Å². The monoisotopic (exact) mass is 419 g/mol. The Morgan fingerprint density at radius 2 is 2.00 bits per heavy atom. The van der Waals surface area contributed by atoms with Crippen LogP contribution in [0.2, 0.25) is 0 Å². The predicted molar refractivity (Wildman–Crippen MR) is 129 cm³/mol. The average molecular weight is 420 g/mol. The molecule has 2 heterocycles. The van der Waals surface area contributed by atoms with Crippen molar-refractivity contribution in [2.75, 3.05) is 11.4 Å². The van der Waals surface area contributed by atoms with Crippen LogP contribution in [0.5, 0.6) is 0 Å². The lowest BCUT2D eigenvalue weighted by molar-refractivity contribution is -0.115. The van der Waals surface area contributed by atoms with E-state index < -0.39 is 0 Å². The van der Waals surface area contributed by atoms with E-state index in [4.69, 9.17) is 0 Å². The van der Waals surface area contributed by atoms with Crippen molar-refractivity contribution in [1.29, 1.82) is 0 Å². The van der Waals surface area contributed by atoms with Gasteiger partial charge in [0.1, 0.15) is 0 Å². The highest BCUT2D eigenvalue weighted by Gasteiger charge is 2.35. The Balaban J connectivity index is 1.67. The Kier molecular flexibility index (Phi) is 5.49. The number of anilines is 1. The van der Waals surface area contributed by atoms with Crippen LogP contribution in [0.25, 0.3) is 6.08 Å². The van der Waals surface area contributed by atoms with Crippen molar-refractivity contribution in [3.63, 3.8) is 0 Å². The third-order valence-corrected chi connectivity index (χ3v) is 6.92. The molecule has 2 aliphatic heterocycles. The maximum Gasteiger partial charge on any atom is 0.264 e. The fourth-order valence-electron chi connectivity index (χ4n) is 4.65. The Morgan fingerprint density at radius 3 is 2.70 bits per heavy atom. The summed E-state index contributed by atoms with van der Waals surface area (Å²) in [5, 5.41) is 3.51. The number of carbonyl (C=O) groups excluding carboxylic acids is 1. The van der Waals surface area contributed by atoms with Crippen molar-refractivity contribution in [2.24, 2.45) is 4.99 Å². The lowest BCUT2D eigenvalue weighted by atomic mass is 9.79. The Hall–Kier alpha value is -2.53. The molecule has 0 radical (unpaired) electrons. The van der Waals surface area contributed by atoms with E-state index in [-0.39, 0.29) is 11.4 Å². The number of fused-ring (bicyclic) bond motifs is 1. The summed E-state index contributed by atoms with van der Waals surface area (Å²) >= 11 is 1.40. The molecule has 2 aromatic carbocycles. The molecule has 156 valence electrons. The van der Waals surface area contributed by atoms with Crippen molar-refractivity contribution in [1.82, 2.24) is 5.32 Å². The summed E-state index contributed by atoms with van der Waals surface area (Å²) in [6.07, 6.45) is 3.13. The quantitative estimate of drug-likeness (QED) is 0.621. The molecule has 1 fully saturated rings. The van der Waals surface area contributed by atoms with E-state index in [1.807, 2.05) is 36.4 Å². The Bertz CT molecular complexity index is 1040. The molecule has 4 nitrogen and oxygen atoms in total. The van der Waals surface area contributed by atoms with Crippen LogP contribution in [0.1, 0.15) is 56.7 Å². The smallest absolute Gasteiger partial charge is 0.264 e. The van der Waals surface area contributed by atoms with Crippen molar-refractivity contribution >= 4 is 40.3 Å². The molecule has 0 aromatic heterocycles. The summed E-state index contributed by atoms with van der Waals surface area (Å²) in [5.41, 5.74) is 5.98. The zero-order valence-corrected chi connectivity index (χ0v) is 19.1. The van der Waals surface area contributed by atoms with Gasteiger partial charge in [-0.25, -0.2) is 4.99 Å². The number of aryl methyl sites for hydroxylation is 1. The topological polar surface area (TPSA) is 44.7 Å². The molecule has 4 rings (SSSR count). The van der Waals surface area contributed by atoms with Crippen LogP contribution in [0, 0.1) is 6.92 Å². The number of para-hydroxylation sites is 1.